The molecule has 148 valence electrons. The van der Waals surface area contributed by atoms with E-state index < -0.39 is 0 Å². The molecule has 2 aliphatic rings. The van der Waals surface area contributed by atoms with Crippen molar-refractivity contribution in [3.63, 3.8) is 0 Å². The van der Waals surface area contributed by atoms with Crippen LogP contribution in [0.15, 0.2) is 76.9 Å². The SMILES string of the molecule is CC(=O)C1CCC2=C(CC1)C(=O)C(C(c1ccccc1)c1ccccc1)C(C)=N2. The second-order valence-corrected chi connectivity index (χ2v) is 8.20. The first-order chi connectivity index (χ1) is 14.1. The third-order valence-electron chi connectivity index (χ3n) is 6.39. The lowest BCUT2D eigenvalue weighted by atomic mass is 9.73. The van der Waals surface area contributed by atoms with Gasteiger partial charge in [0.05, 0.1) is 5.92 Å². The van der Waals surface area contributed by atoms with E-state index in [1.165, 1.54) is 0 Å². The van der Waals surface area contributed by atoms with Crippen LogP contribution in [-0.4, -0.2) is 17.3 Å². The van der Waals surface area contributed by atoms with Crippen molar-refractivity contribution in [2.24, 2.45) is 16.8 Å². The van der Waals surface area contributed by atoms with Gasteiger partial charge in [-0.1, -0.05) is 60.7 Å². The number of allylic oxidation sites excluding steroid dienone is 2. The minimum atomic E-state index is -0.299. The highest BCUT2D eigenvalue weighted by molar-refractivity contribution is 6.15. The summed E-state index contributed by atoms with van der Waals surface area (Å²) in [6.45, 7) is 3.65. The van der Waals surface area contributed by atoms with Gasteiger partial charge in [-0.3, -0.25) is 14.6 Å². The molecule has 29 heavy (non-hydrogen) atoms. The molecule has 1 aliphatic heterocycles. The molecule has 2 atom stereocenters. The van der Waals surface area contributed by atoms with Gasteiger partial charge in [0, 0.05) is 28.8 Å². The van der Waals surface area contributed by atoms with Gasteiger partial charge in [-0.25, -0.2) is 0 Å². The van der Waals surface area contributed by atoms with Crippen LogP contribution in [0.4, 0.5) is 0 Å². The van der Waals surface area contributed by atoms with E-state index in [9.17, 15) is 9.59 Å². The van der Waals surface area contributed by atoms with E-state index >= 15 is 0 Å². The number of carbonyl (C=O) groups excluding carboxylic acids is 2. The standard InChI is InChI=1S/C26H27NO2/c1-17-24(25(20-9-5-3-6-10-20)21-11-7-4-8-12-21)26(29)22-15-13-19(18(2)28)14-16-23(22)27-17/h3-12,19,24-25H,13-16H2,1-2H3. The number of aliphatic imine (C=N–C) groups is 1. The molecule has 0 amide bonds. The summed E-state index contributed by atoms with van der Waals surface area (Å²) < 4.78 is 0. The van der Waals surface area contributed by atoms with E-state index in [1.807, 2.05) is 43.3 Å². The Labute approximate surface area is 172 Å². The van der Waals surface area contributed by atoms with Crippen LogP contribution in [0, 0.1) is 11.8 Å². The molecule has 0 bridgehead atoms. The molecule has 2 unspecified atom stereocenters. The molecule has 4 rings (SSSR count). The highest BCUT2D eigenvalue weighted by Gasteiger charge is 2.39. The van der Waals surface area contributed by atoms with Crippen molar-refractivity contribution in [1.82, 2.24) is 0 Å². The Morgan fingerprint density at radius 3 is 2.03 bits per heavy atom. The van der Waals surface area contributed by atoms with Crippen LogP contribution in [0.5, 0.6) is 0 Å². The normalized spacial score (nSPS) is 22.2. The molecule has 0 radical (unpaired) electrons. The summed E-state index contributed by atoms with van der Waals surface area (Å²) in [5, 5.41) is 0. The Balaban J connectivity index is 1.74. The number of hydrogen-bond donors (Lipinski definition) is 0. The lowest BCUT2D eigenvalue weighted by Gasteiger charge is -2.31. The largest absolute Gasteiger partial charge is 0.300 e. The topological polar surface area (TPSA) is 46.5 Å². The first-order valence-electron chi connectivity index (χ1n) is 10.5. The Hall–Kier alpha value is -2.81. The predicted molar refractivity (Wildman–Crippen MR) is 116 cm³/mol. The zero-order chi connectivity index (χ0) is 20.4. The van der Waals surface area contributed by atoms with E-state index in [1.54, 1.807) is 6.92 Å². The molecular formula is C26H27NO2. The molecule has 1 aliphatic carbocycles. The molecule has 2 aromatic carbocycles. The van der Waals surface area contributed by atoms with Gasteiger partial charge in [0.15, 0.2) is 5.78 Å². The summed E-state index contributed by atoms with van der Waals surface area (Å²) in [4.78, 5) is 30.6. The Morgan fingerprint density at radius 2 is 1.48 bits per heavy atom. The van der Waals surface area contributed by atoms with E-state index in [-0.39, 0.29) is 29.3 Å². The van der Waals surface area contributed by atoms with Gasteiger partial charge < -0.3 is 0 Å². The number of rotatable bonds is 4. The lowest BCUT2D eigenvalue weighted by Crippen LogP contribution is -2.34. The smallest absolute Gasteiger partial charge is 0.170 e. The highest BCUT2D eigenvalue weighted by Crippen LogP contribution is 2.41. The Morgan fingerprint density at radius 1 is 0.931 bits per heavy atom. The van der Waals surface area contributed by atoms with Crippen LogP contribution in [0.25, 0.3) is 0 Å². The van der Waals surface area contributed by atoms with Crippen LogP contribution >= 0.6 is 0 Å². The summed E-state index contributed by atoms with van der Waals surface area (Å²) in [5.41, 5.74) is 4.90. The van der Waals surface area contributed by atoms with Crippen molar-refractivity contribution in [1.29, 1.82) is 0 Å². The number of Topliss-reactive ketones (excluding diaryl/α,β-unsaturated/α-hetero) is 2. The number of nitrogens with zero attached hydrogens (tertiary/aromatic N) is 1. The van der Waals surface area contributed by atoms with Gasteiger partial charge >= 0.3 is 0 Å². The maximum atomic E-state index is 13.8. The molecule has 3 nitrogen and oxygen atoms in total. The summed E-state index contributed by atoms with van der Waals surface area (Å²) in [6, 6.07) is 20.5. The average molecular weight is 386 g/mol. The molecule has 0 saturated heterocycles. The Kier molecular flexibility index (Phi) is 5.57. The average Bonchev–Trinajstić information content (AvgIpc) is 2.95. The van der Waals surface area contributed by atoms with Crippen LogP contribution in [0.1, 0.15) is 56.6 Å². The van der Waals surface area contributed by atoms with Gasteiger partial charge in [0.25, 0.3) is 0 Å². The summed E-state index contributed by atoms with van der Waals surface area (Å²) >= 11 is 0. The molecule has 0 saturated carbocycles. The monoisotopic (exact) mass is 385 g/mol. The summed E-state index contributed by atoms with van der Waals surface area (Å²) in [5.74, 6) is 0.0961. The highest BCUT2D eigenvalue weighted by atomic mass is 16.1. The first-order valence-corrected chi connectivity index (χ1v) is 10.5. The van der Waals surface area contributed by atoms with Gasteiger partial charge in [-0.2, -0.15) is 0 Å². The minimum absolute atomic E-state index is 0.0430. The third-order valence-corrected chi connectivity index (χ3v) is 6.39. The molecular weight excluding hydrogens is 358 g/mol. The fraction of sp³-hybridized carbons (Fsp3) is 0.346. The quantitative estimate of drug-likeness (QED) is 0.696. The molecule has 1 heterocycles. The lowest BCUT2D eigenvalue weighted by molar-refractivity contribution is -0.121. The number of benzene rings is 2. The molecule has 2 aromatic rings. The molecule has 0 N–H and O–H groups in total. The zero-order valence-corrected chi connectivity index (χ0v) is 17.1. The van der Waals surface area contributed by atoms with Gasteiger partial charge in [-0.05, 0) is 50.7 Å². The van der Waals surface area contributed by atoms with Crippen molar-refractivity contribution >= 4 is 17.3 Å². The van der Waals surface area contributed by atoms with Crippen molar-refractivity contribution in [3.8, 4) is 0 Å². The van der Waals surface area contributed by atoms with E-state index in [4.69, 9.17) is 4.99 Å². The minimum Gasteiger partial charge on any atom is -0.300 e. The molecule has 3 heteroatoms. The van der Waals surface area contributed by atoms with Crippen molar-refractivity contribution in [2.75, 3.05) is 0 Å². The second-order valence-electron chi connectivity index (χ2n) is 8.20. The van der Waals surface area contributed by atoms with Crippen molar-refractivity contribution in [2.45, 2.75) is 45.4 Å². The summed E-state index contributed by atoms with van der Waals surface area (Å²) in [6.07, 6.45) is 2.92. The fourth-order valence-electron chi connectivity index (χ4n) is 4.81. The molecule has 0 spiro atoms. The zero-order valence-electron chi connectivity index (χ0n) is 17.1. The predicted octanol–water partition coefficient (Wildman–Crippen LogP) is 5.51. The second kappa shape index (κ2) is 8.28. The maximum Gasteiger partial charge on any atom is 0.170 e. The number of ketones is 2. The van der Waals surface area contributed by atoms with Gasteiger partial charge in [-0.15, -0.1) is 0 Å². The number of hydrogen-bond acceptors (Lipinski definition) is 3. The van der Waals surface area contributed by atoms with E-state index in [2.05, 4.69) is 24.3 Å². The maximum absolute atomic E-state index is 13.8. The first kappa shape index (κ1) is 19.5. The van der Waals surface area contributed by atoms with Gasteiger partial charge in [0.1, 0.15) is 5.78 Å². The van der Waals surface area contributed by atoms with Crippen molar-refractivity contribution in [3.05, 3.63) is 83.1 Å². The van der Waals surface area contributed by atoms with Gasteiger partial charge in [0.2, 0.25) is 0 Å². The fourth-order valence-corrected chi connectivity index (χ4v) is 4.81. The van der Waals surface area contributed by atoms with Crippen LogP contribution < -0.4 is 0 Å². The van der Waals surface area contributed by atoms with E-state index in [0.29, 0.717) is 6.42 Å². The van der Waals surface area contributed by atoms with E-state index in [0.717, 1.165) is 47.4 Å². The molecule has 0 aromatic heterocycles. The summed E-state index contributed by atoms with van der Waals surface area (Å²) in [7, 11) is 0. The Bertz CT molecular complexity index is 933. The van der Waals surface area contributed by atoms with Crippen molar-refractivity contribution < 1.29 is 9.59 Å². The van der Waals surface area contributed by atoms with Crippen LogP contribution in [-0.2, 0) is 9.59 Å². The molecule has 0 fully saturated rings. The number of carbonyl (C=O) groups is 2. The van der Waals surface area contributed by atoms with Crippen LogP contribution in [0.2, 0.25) is 0 Å². The van der Waals surface area contributed by atoms with Crippen LogP contribution in [0.3, 0.4) is 0 Å². The third kappa shape index (κ3) is 3.87.